The van der Waals surface area contributed by atoms with Crippen LogP contribution in [-0.4, -0.2) is 34.6 Å². The van der Waals surface area contributed by atoms with Crippen LogP contribution in [0, 0.1) is 0 Å². The lowest BCUT2D eigenvalue weighted by Crippen LogP contribution is -2.45. The molecule has 0 spiro atoms. The molecule has 1 amide bonds. The zero-order chi connectivity index (χ0) is 24.0. The molecule has 0 aliphatic rings. The van der Waals surface area contributed by atoms with E-state index in [1.165, 1.54) is 32.4 Å². The molecule has 0 fully saturated rings. The summed E-state index contributed by atoms with van der Waals surface area (Å²) in [7, 11) is -1.23. The van der Waals surface area contributed by atoms with Gasteiger partial charge >= 0.3 is 0 Å². The molecule has 7 nitrogen and oxygen atoms in total. The monoisotopic (exact) mass is 508 g/mol. The van der Waals surface area contributed by atoms with Gasteiger partial charge in [0.05, 0.1) is 24.9 Å². The molecular weight excluding hydrogens is 487 g/mol. The molecule has 1 atom stereocenters. The number of ether oxygens (including phenoxy) is 2. The van der Waals surface area contributed by atoms with Crippen molar-refractivity contribution in [1.29, 1.82) is 0 Å². The van der Waals surface area contributed by atoms with Gasteiger partial charge in [-0.15, -0.1) is 0 Å². The Morgan fingerprint density at radius 2 is 1.70 bits per heavy atom. The number of anilines is 1. The molecule has 0 aliphatic heterocycles. The van der Waals surface area contributed by atoms with Gasteiger partial charge in [0, 0.05) is 11.1 Å². The summed E-state index contributed by atoms with van der Waals surface area (Å²) in [5.41, 5.74) is 1.09. The van der Waals surface area contributed by atoms with Crippen molar-refractivity contribution >= 4 is 44.8 Å². The third-order valence-electron chi connectivity index (χ3n) is 4.74. The van der Waals surface area contributed by atoms with Crippen molar-refractivity contribution in [2.45, 2.75) is 17.4 Å². The predicted molar refractivity (Wildman–Crippen MR) is 129 cm³/mol. The van der Waals surface area contributed by atoms with Crippen LogP contribution in [0.5, 0.6) is 11.5 Å². The van der Waals surface area contributed by atoms with E-state index < -0.39 is 22.0 Å². The molecule has 0 radical (unpaired) electrons. The van der Waals surface area contributed by atoms with Crippen LogP contribution in [0.2, 0.25) is 10.0 Å². The zero-order valence-electron chi connectivity index (χ0n) is 17.8. The molecule has 0 aromatic heterocycles. The van der Waals surface area contributed by atoms with Crippen molar-refractivity contribution in [3.63, 3.8) is 0 Å². The fraction of sp³-hybridized carbons (Fsp3) is 0.174. The number of amides is 1. The molecule has 0 unspecified atom stereocenters. The number of nitrogens with one attached hydrogen (secondary N) is 2. The van der Waals surface area contributed by atoms with Gasteiger partial charge in [-0.3, -0.25) is 4.79 Å². The Morgan fingerprint density at radius 3 is 2.36 bits per heavy atom. The van der Waals surface area contributed by atoms with Gasteiger partial charge in [-0.2, -0.15) is 4.72 Å². The van der Waals surface area contributed by atoms with E-state index in [1.807, 2.05) is 6.07 Å². The fourth-order valence-electron chi connectivity index (χ4n) is 3.10. The van der Waals surface area contributed by atoms with Gasteiger partial charge in [-0.25, -0.2) is 8.42 Å². The van der Waals surface area contributed by atoms with Crippen molar-refractivity contribution in [3.8, 4) is 11.5 Å². The Kier molecular flexibility index (Phi) is 8.20. The topological polar surface area (TPSA) is 93.7 Å². The first kappa shape index (κ1) is 24.9. The number of halogens is 2. The molecule has 10 heteroatoms. The molecule has 174 valence electrons. The van der Waals surface area contributed by atoms with E-state index in [-0.39, 0.29) is 21.4 Å². The van der Waals surface area contributed by atoms with E-state index in [2.05, 4.69) is 10.0 Å². The number of methoxy groups -OCH3 is 2. The normalized spacial score (nSPS) is 12.1. The Labute approximate surface area is 202 Å². The number of rotatable bonds is 9. The van der Waals surface area contributed by atoms with Gasteiger partial charge in [-0.1, -0.05) is 53.5 Å². The van der Waals surface area contributed by atoms with Crippen LogP contribution in [0.4, 0.5) is 5.69 Å². The highest BCUT2D eigenvalue weighted by Gasteiger charge is 2.28. The average molecular weight is 509 g/mol. The Balaban J connectivity index is 1.94. The Hall–Kier alpha value is -2.78. The lowest BCUT2D eigenvalue weighted by atomic mass is 10.1. The van der Waals surface area contributed by atoms with E-state index in [1.54, 1.807) is 42.5 Å². The van der Waals surface area contributed by atoms with Crippen molar-refractivity contribution in [3.05, 3.63) is 82.3 Å². The van der Waals surface area contributed by atoms with E-state index in [9.17, 15) is 13.2 Å². The molecular formula is C23H22Cl2N2O5S. The van der Waals surface area contributed by atoms with Gasteiger partial charge in [0.2, 0.25) is 15.9 Å². The van der Waals surface area contributed by atoms with E-state index >= 15 is 0 Å². The van der Waals surface area contributed by atoms with Gasteiger partial charge in [0.25, 0.3) is 0 Å². The summed E-state index contributed by atoms with van der Waals surface area (Å²) in [6, 6.07) is 16.9. The maximum absolute atomic E-state index is 13.3. The van der Waals surface area contributed by atoms with Crippen LogP contribution in [0.15, 0.2) is 71.6 Å². The molecule has 0 aliphatic carbocycles. The summed E-state index contributed by atoms with van der Waals surface area (Å²) in [6.45, 7) is 0. The summed E-state index contributed by atoms with van der Waals surface area (Å²) >= 11 is 12.1. The van der Waals surface area contributed by atoms with Crippen LogP contribution in [0.3, 0.4) is 0 Å². The van der Waals surface area contributed by atoms with Crippen LogP contribution >= 0.6 is 23.2 Å². The minimum Gasteiger partial charge on any atom is -0.497 e. The number of sulfonamides is 1. The third-order valence-corrected chi connectivity index (χ3v) is 6.93. The summed E-state index contributed by atoms with van der Waals surface area (Å²) in [5.74, 6) is 0.299. The highest BCUT2D eigenvalue weighted by Crippen LogP contribution is 2.29. The summed E-state index contributed by atoms with van der Waals surface area (Å²) in [5, 5.41) is 2.91. The lowest BCUT2D eigenvalue weighted by molar-refractivity contribution is -0.117. The predicted octanol–water partition coefficient (Wildman–Crippen LogP) is 4.54. The first-order valence-electron chi connectivity index (χ1n) is 9.77. The van der Waals surface area contributed by atoms with Gasteiger partial charge in [-0.05, 0) is 42.3 Å². The second kappa shape index (κ2) is 10.9. The highest BCUT2D eigenvalue weighted by molar-refractivity contribution is 7.89. The van der Waals surface area contributed by atoms with Crippen LogP contribution in [-0.2, 0) is 21.2 Å². The number of hydrogen-bond donors (Lipinski definition) is 2. The number of carbonyl (C=O) groups excluding carboxylic acids is 1. The second-order valence-electron chi connectivity index (χ2n) is 6.99. The van der Waals surface area contributed by atoms with Crippen LogP contribution < -0.4 is 19.5 Å². The van der Waals surface area contributed by atoms with Gasteiger partial charge in [0.1, 0.15) is 22.4 Å². The fourth-order valence-corrected chi connectivity index (χ4v) is 5.06. The second-order valence-corrected chi connectivity index (χ2v) is 9.52. The van der Waals surface area contributed by atoms with Gasteiger partial charge in [0.15, 0.2) is 0 Å². The largest absolute Gasteiger partial charge is 0.497 e. The molecule has 33 heavy (non-hydrogen) atoms. The minimum atomic E-state index is -4.18. The van der Waals surface area contributed by atoms with E-state index in [4.69, 9.17) is 32.7 Å². The molecule has 0 saturated heterocycles. The van der Waals surface area contributed by atoms with Crippen LogP contribution in [0.1, 0.15) is 5.56 Å². The number of carbonyl (C=O) groups is 1. The Morgan fingerprint density at radius 1 is 0.970 bits per heavy atom. The van der Waals surface area contributed by atoms with Crippen molar-refractivity contribution in [2.75, 3.05) is 19.5 Å². The molecule has 3 aromatic carbocycles. The molecule has 2 N–H and O–H groups in total. The maximum Gasteiger partial charge on any atom is 0.243 e. The third kappa shape index (κ3) is 6.39. The lowest BCUT2D eigenvalue weighted by Gasteiger charge is -2.20. The van der Waals surface area contributed by atoms with Gasteiger partial charge < -0.3 is 14.8 Å². The quantitative estimate of drug-likeness (QED) is 0.442. The standard InChI is InChI=1S/C23H22Cl2N2O5S/c1-31-17-9-11-21(32-2)19(14-17)26-23(28)20(12-15-6-4-3-5-7-15)27-33(29,30)22-13-16(24)8-10-18(22)25/h3-11,13-14,20,27H,12H2,1-2H3,(H,26,28)/t20-/m0/s1. The molecule has 3 aromatic rings. The summed E-state index contributed by atoms with van der Waals surface area (Å²) in [6.07, 6.45) is 0.0936. The number of hydrogen-bond acceptors (Lipinski definition) is 5. The van der Waals surface area contributed by atoms with E-state index in [0.717, 1.165) is 5.56 Å². The molecule has 0 saturated carbocycles. The number of benzene rings is 3. The highest BCUT2D eigenvalue weighted by atomic mass is 35.5. The van der Waals surface area contributed by atoms with Crippen molar-refractivity contribution in [1.82, 2.24) is 4.72 Å². The SMILES string of the molecule is COc1ccc(OC)c(NC(=O)[C@H](Cc2ccccc2)NS(=O)(=O)c2cc(Cl)ccc2Cl)c1. The van der Waals surface area contributed by atoms with E-state index in [0.29, 0.717) is 17.2 Å². The smallest absolute Gasteiger partial charge is 0.243 e. The summed E-state index contributed by atoms with van der Waals surface area (Å²) < 4.78 is 39.2. The molecule has 3 rings (SSSR count). The Bertz CT molecular complexity index is 1240. The molecule has 0 bridgehead atoms. The average Bonchev–Trinajstić information content (AvgIpc) is 2.80. The zero-order valence-corrected chi connectivity index (χ0v) is 20.2. The maximum atomic E-state index is 13.3. The first-order chi connectivity index (χ1) is 15.7. The molecule has 0 heterocycles. The minimum absolute atomic E-state index is 0.0137. The summed E-state index contributed by atoms with van der Waals surface area (Å²) in [4.78, 5) is 13.0. The van der Waals surface area contributed by atoms with Crippen molar-refractivity contribution < 1.29 is 22.7 Å². The van der Waals surface area contributed by atoms with Crippen LogP contribution in [0.25, 0.3) is 0 Å². The van der Waals surface area contributed by atoms with Crippen molar-refractivity contribution in [2.24, 2.45) is 0 Å². The first-order valence-corrected chi connectivity index (χ1v) is 12.0.